The molecule has 0 aliphatic carbocycles. The highest BCUT2D eigenvalue weighted by atomic mass is 16.5. The molecule has 7 nitrogen and oxygen atoms in total. The van der Waals surface area contributed by atoms with E-state index in [1.54, 1.807) is 12.1 Å². The van der Waals surface area contributed by atoms with Gasteiger partial charge in [-0.25, -0.2) is 0 Å². The topological polar surface area (TPSA) is 86.3 Å². The van der Waals surface area contributed by atoms with Gasteiger partial charge in [-0.05, 0) is 24.6 Å². The van der Waals surface area contributed by atoms with Crippen molar-refractivity contribution in [2.24, 2.45) is 0 Å². The van der Waals surface area contributed by atoms with Crippen LogP contribution in [0.2, 0.25) is 0 Å². The van der Waals surface area contributed by atoms with E-state index in [4.69, 9.17) is 24.1 Å². The maximum absolute atomic E-state index is 12.7. The monoisotopic (exact) mass is 389 g/mol. The molecule has 2 aromatic carbocycles. The Morgan fingerprint density at radius 2 is 1.64 bits per heavy atom. The molecule has 1 unspecified atom stereocenters. The predicted molar refractivity (Wildman–Crippen MR) is 105 cm³/mol. The van der Waals surface area contributed by atoms with Gasteiger partial charge in [0.15, 0.2) is 11.5 Å². The maximum atomic E-state index is 12.7. The second-order valence-corrected chi connectivity index (χ2v) is 6.12. The summed E-state index contributed by atoms with van der Waals surface area (Å²) in [5, 5.41) is 11.9. The first-order valence-electron chi connectivity index (χ1n) is 8.91. The van der Waals surface area contributed by atoms with Crippen LogP contribution in [0.25, 0.3) is 0 Å². The van der Waals surface area contributed by atoms with E-state index in [0.29, 0.717) is 22.8 Å². The zero-order valence-electron chi connectivity index (χ0n) is 16.7. The second-order valence-electron chi connectivity index (χ2n) is 6.12. The molecule has 0 heterocycles. The van der Waals surface area contributed by atoms with Crippen molar-refractivity contribution >= 4 is 5.91 Å². The van der Waals surface area contributed by atoms with Crippen LogP contribution in [0.4, 0.5) is 0 Å². The molecule has 2 N–H and O–H groups in total. The molecule has 1 atom stereocenters. The minimum Gasteiger partial charge on any atom is -0.493 e. The molecule has 0 radical (unpaired) electrons. The van der Waals surface area contributed by atoms with E-state index in [1.165, 1.54) is 21.3 Å². The molecule has 7 heteroatoms. The van der Waals surface area contributed by atoms with Gasteiger partial charge in [0.2, 0.25) is 5.75 Å². The van der Waals surface area contributed by atoms with Gasteiger partial charge in [0.05, 0.1) is 40.6 Å². The number of aliphatic hydroxyl groups is 1. The molecule has 0 bridgehead atoms. The van der Waals surface area contributed by atoms with Crippen molar-refractivity contribution < 1.29 is 28.8 Å². The van der Waals surface area contributed by atoms with Crippen molar-refractivity contribution in [2.75, 3.05) is 41.1 Å². The van der Waals surface area contributed by atoms with E-state index >= 15 is 0 Å². The zero-order chi connectivity index (χ0) is 20.5. The molecular weight excluding hydrogens is 362 g/mol. The highest BCUT2D eigenvalue weighted by Gasteiger charge is 2.19. The van der Waals surface area contributed by atoms with Crippen LogP contribution in [0.3, 0.4) is 0 Å². The second kappa shape index (κ2) is 10.5. The molecule has 0 saturated carbocycles. The number of carbonyl (C=O) groups excluding carboxylic acids is 1. The molecule has 0 saturated heterocycles. The molecule has 152 valence electrons. The van der Waals surface area contributed by atoms with Crippen molar-refractivity contribution in [3.05, 3.63) is 53.1 Å². The van der Waals surface area contributed by atoms with Gasteiger partial charge in [0, 0.05) is 12.1 Å². The number of methoxy groups -OCH3 is 3. The molecule has 28 heavy (non-hydrogen) atoms. The SMILES string of the molecule is COc1cc(C(=O)NCC(OCCO)c2ccc(C)cc2)cc(OC)c1OC. The molecular formula is C21H27NO6. The van der Waals surface area contributed by atoms with Crippen LogP contribution in [0.5, 0.6) is 17.2 Å². The van der Waals surface area contributed by atoms with Gasteiger partial charge in [-0.15, -0.1) is 0 Å². The van der Waals surface area contributed by atoms with Crippen LogP contribution in [0.1, 0.15) is 27.6 Å². The summed E-state index contributed by atoms with van der Waals surface area (Å²) >= 11 is 0. The number of aliphatic hydroxyl groups excluding tert-OH is 1. The van der Waals surface area contributed by atoms with E-state index in [1.807, 2.05) is 31.2 Å². The fraction of sp³-hybridized carbons (Fsp3) is 0.381. The van der Waals surface area contributed by atoms with Gasteiger partial charge in [0.25, 0.3) is 5.91 Å². The first-order chi connectivity index (χ1) is 13.5. The fourth-order valence-corrected chi connectivity index (χ4v) is 2.75. The molecule has 0 aliphatic heterocycles. The molecule has 0 aliphatic rings. The number of carbonyl (C=O) groups is 1. The van der Waals surface area contributed by atoms with Crippen LogP contribution in [0.15, 0.2) is 36.4 Å². The lowest BCUT2D eigenvalue weighted by Gasteiger charge is -2.19. The Labute approximate surface area is 165 Å². The first-order valence-corrected chi connectivity index (χ1v) is 8.91. The zero-order valence-corrected chi connectivity index (χ0v) is 16.7. The molecule has 2 rings (SSSR count). The lowest BCUT2D eigenvalue weighted by atomic mass is 10.1. The summed E-state index contributed by atoms with van der Waals surface area (Å²) in [6, 6.07) is 11.0. The molecule has 0 fully saturated rings. The smallest absolute Gasteiger partial charge is 0.251 e. The highest BCUT2D eigenvalue weighted by molar-refractivity contribution is 5.95. The summed E-state index contributed by atoms with van der Waals surface area (Å²) in [6.07, 6.45) is -0.376. The third kappa shape index (κ3) is 5.37. The van der Waals surface area contributed by atoms with E-state index in [0.717, 1.165) is 11.1 Å². The Balaban J connectivity index is 2.16. The summed E-state index contributed by atoms with van der Waals surface area (Å²) in [7, 11) is 4.50. The van der Waals surface area contributed by atoms with Gasteiger partial charge < -0.3 is 29.4 Å². The average molecular weight is 389 g/mol. The van der Waals surface area contributed by atoms with E-state index in [2.05, 4.69) is 5.32 Å². The van der Waals surface area contributed by atoms with Crippen molar-refractivity contribution in [1.29, 1.82) is 0 Å². The van der Waals surface area contributed by atoms with Crippen LogP contribution >= 0.6 is 0 Å². The summed E-state index contributed by atoms with van der Waals surface area (Å²) in [6.45, 7) is 2.33. The summed E-state index contributed by atoms with van der Waals surface area (Å²) in [5.74, 6) is 0.923. The third-order valence-corrected chi connectivity index (χ3v) is 4.23. The number of hydrogen-bond donors (Lipinski definition) is 2. The minimum atomic E-state index is -0.376. The van der Waals surface area contributed by atoms with Crippen molar-refractivity contribution in [2.45, 2.75) is 13.0 Å². The number of aryl methyl sites for hydroxylation is 1. The van der Waals surface area contributed by atoms with Crippen LogP contribution in [0, 0.1) is 6.92 Å². The van der Waals surface area contributed by atoms with Crippen molar-refractivity contribution in [3.63, 3.8) is 0 Å². The Hall–Kier alpha value is -2.77. The Bertz CT molecular complexity index is 750. The Kier molecular flexibility index (Phi) is 8.10. The standard InChI is InChI=1S/C21H27NO6/c1-14-5-7-15(8-6-14)19(28-10-9-23)13-22-21(24)16-11-17(25-2)20(27-4)18(12-16)26-3/h5-8,11-12,19,23H,9-10,13H2,1-4H3,(H,22,24). The lowest BCUT2D eigenvalue weighted by Crippen LogP contribution is -2.30. The quantitative estimate of drug-likeness (QED) is 0.649. The summed E-state index contributed by atoms with van der Waals surface area (Å²) in [4.78, 5) is 12.7. The molecule has 1 amide bonds. The minimum absolute atomic E-state index is 0.0941. The number of amides is 1. The van der Waals surface area contributed by atoms with Gasteiger partial charge in [-0.2, -0.15) is 0 Å². The number of ether oxygens (including phenoxy) is 4. The highest BCUT2D eigenvalue weighted by Crippen LogP contribution is 2.38. The van der Waals surface area contributed by atoms with Gasteiger partial charge in [0.1, 0.15) is 0 Å². The number of rotatable bonds is 10. The third-order valence-electron chi connectivity index (χ3n) is 4.23. The van der Waals surface area contributed by atoms with E-state index in [-0.39, 0.29) is 31.8 Å². The number of hydrogen-bond acceptors (Lipinski definition) is 6. The fourth-order valence-electron chi connectivity index (χ4n) is 2.75. The Morgan fingerprint density at radius 3 is 2.14 bits per heavy atom. The molecule has 2 aromatic rings. The van der Waals surface area contributed by atoms with Gasteiger partial charge in [-0.3, -0.25) is 4.79 Å². The summed E-state index contributed by atoms with van der Waals surface area (Å²) in [5.41, 5.74) is 2.43. The number of benzene rings is 2. The maximum Gasteiger partial charge on any atom is 0.251 e. The largest absolute Gasteiger partial charge is 0.493 e. The summed E-state index contributed by atoms with van der Waals surface area (Å²) < 4.78 is 21.6. The lowest BCUT2D eigenvalue weighted by molar-refractivity contribution is 0.0277. The molecule has 0 aromatic heterocycles. The van der Waals surface area contributed by atoms with E-state index < -0.39 is 0 Å². The predicted octanol–water partition coefficient (Wildman–Crippen LogP) is 2.50. The van der Waals surface area contributed by atoms with Gasteiger partial charge in [-0.1, -0.05) is 29.8 Å². The Morgan fingerprint density at radius 1 is 1.04 bits per heavy atom. The molecule has 0 spiro atoms. The van der Waals surface area contributed by atoms with Crippen LogP contribution in [-0.4, -0.2) is 52.1 Å². The van der Waals surface area contributed by atoms with E-state index in [9.17, 15) is 4.79 Å². The number of nitrogens with one attached hydrogen (secondary N) is 1. The average Bonchev–Trinajstić information content (AvgIpc) is 2.73. The normalized spacial score (nSPS) is 11.6. The van der Waals surface area contributed by atoms with Crippen LogP contribution in [-0.2, 0) is 4.74 Å². The van der Waals surface area contributed by atoms with Crippen LogP contribution < -0.4 is 19.5 Å². The van der Waals surface area contributed by atoms with Gasteiger partial charge >= 0.3 is 0 Å². The van der Waals surface area contributed by atoms with Crippen molar-refractivity contribution in [3.8, 4) is 17.2 Å². The van der Waals surface area contributed by atoms with Crippen molar-refractivity contribution in [1.82, 2.24) is 5.32 Å². The first kappa shape index (κ1) is 21.5.